The van der Waals surface area contributed by atoms with Crippen molar-refractivity contribution in [3.05, 3.63) is 0 Å². The number of unbranched alkanes of at least 4 members (excludes halogenated alkanes) is 2. The molecule has 0 fully saturated rings. The van der Waals surface area contributed by atoms with E-state index in [4.69, 9.17) is 15.3 Å². The van der Waals surface area contributed by atoms with Crippen molar-refractivity contribution >= 4 is 0 Å². The lowest BCUT2D eigenvalue weighted by Crippen LogP contribution is -1.85. The van der Waals surface area contributed by atoms with E-state index >= 15 is 0 Å². The number of hydrogen-bond acceptors (Lipinski definition) is 3. The topological polar surface area (TPSA) is 60.7 Å². The van der Waals surface area contributed by atoms with Gasteiger partial charge in [-0.2, -0.15) is 0 Å². The third-order valence-corrected chi connectivity index (χ3v) is 0.816. The second-order valence-electron chi connectivity index (χ2n) is 1.51. The Bertz CT molecular complexity index is 27.5. The molecule has 0 saturated heterocycles. The molecule has 0 aliphatic carbocycles. The van der Waals surface area contributed by atoms with Gasteiger partial charge in [-0.3, -0.25) is 0 Å². The molecule has 0 unspecified atom stereocenters. The summed E-state index contributed by atoms with van der Waals surface area (Å²) in [6.45, 7) is 0.500. The molecule has 0 aromatic rings. The van der Waals surface area contributed by atoms with E-state index in [0.717, 1.165) is 26.4 Å². The first-order valence-electron chi connectivity index (χ1n) is 3.08. The molecule has 0 atom stereocenters. The lowest BCUT2D eigenvalue weighted by Gasteiger charge is -1.90. The van der Waals surface area contributed by atoms with Crippen molar-refractivity contribution in [3.8, 4) is 0 Å². The zero-order valence-corrected chi connectivity index (χ0v) is 5.88. The molecule has 3 N–H and O–H groups in total. The van der Waals surface area contributed by atoms with Gasteiger partial charge in [0.05, 0.1) is 0 Å². The van der Waals surface area contributed by atoms with Crippen LogP contribution in [-0.2, 0) is 0 Å². The maximum absolute atomic E-state index is 8.21. The lowest BCUT2D eigenvalue weighted by molar-refractivity contribution is 0.257. The van der Waals surface area contributed by atoms with Crippen LogP contribution < -0.4 is 0 Å². The van der Waals surface area contributed by atoms with Crippen LogP contribution in [0.5, 0.6) is 0 Å². The fraction of sp³-hybridized carbons (Fsp3) is 1.00. The molecule has 0 spiro atoms. The zero-order chi connectivity index (χ0) is 7.54. The highest BCUT2D eigenvalue weighted by Gasteiger charge is 1.81. The van der Waals surface area contributed by atoms with Crippen LogP contribution >= 0.6 is 0 Å². The normalized spacial score (nSPS) is 8.00. The summed E-state index contributed by atoms with van der Waals surface area (Å²) in [5.41, 5.74) is 0. The van der Waals surface area contributed by atoms with Gasteiger partial charge in [0, 0.05) is 20.3 Å². The fourth-order valence-electron chi connectivity index (χ4n) is 0.400. The first kappa shape index (κ1) is 11.6. The van der Waals surface area contributed by atoms with E-state index < -0.39 is 0 Å². The van der Waals surface area contributed by atoms with Gasteiger partial charge < -0.3 is 15.3 Å². The van der Waals surface area contributed by atoms with E-state index in [9.17, 15) is 0 Å². The molecule has 3 nitrogen and oxygen atoms in total. The molecule has 0 bridgehead atoms. The Morgan fingerprint density at radius 2 is 1.11 bits per heavy atom. The van der Waals surface area contributed by atoms with Crippen LogP contribution in [0.15, 0.2) is 0 Å². The van der Waals surface area contributed by atoms with E-state index in [2.05, 4.69) is 0 Å². The third-order valence-electron chi connectivity index (χ3n) is 0.816. The van der Waals surface area contributed by atoms with E-state index in [1.807, 2.05) is 0 Å². The van der Waals surface area contributed by atoms with Crippen molar-refractivity contribution in [1.82, 2.24) is 0 Å². The number of aliphatic hydroxyl groups is 3. The van der Waals surface area contributed by atoms with Gasteiger partial charge in [0.1, 0.15) is 0 Å². The highest BCUT2D eigenvalue weighted by Crippen LogP contribution is 1.90. The summed E-state index contributed by atoms with van der Waals surface area (Å²) < 4.78 is 0. The second-order valence-corrected chi connectivity index (χ2v) is 1.51. The first-order chi connectivity index (χ1) is 4.41. The summed E-state index contributed by atoms with van der Waals surface area (Å²) in [4.78, 5) is 0. The number of aliphatic hydroxyl groups excluding tert-OH is 3. The average molecular weight is 136 g/mol. The van der Waals surface area contributed by atoms with Crippen LogP contribution in [0.1, 0.15) is 19.3 Å². The molecule has 0 amide bonds. The van der Waals surface area contributed by atoms with Gasteiger partial charge in [0.15, 0.2) is 0 Å². The Labute approximate surface area is 56.0 Å². The molecule has 0 aliphatic heterocycles. The van der Waals surface area contributed by atoms with Crippen LogP contribution in [0.4, 0.5) is 0 Å². The maximum atomic E-state index is 8.21. The largest absolute Gasteiger partial charge is 0.400 e. The Hall–Kier alpha value is -0.120. The summed E-state index contributed by atoms with van der Waals surface area (Å²) in [5, 5.41) is 23.4. The van der Waals surface area contributed by atoms with Gasteiger partial charge in [-0.05, 0) is 19.3 Å². The maximum Gasteiger partial charge on any atom is 0.0431 e. The monoisotopic (exact) mass is 136 g/mol. The Morgan fingerprint density at radius 1 is 0.778 bits per heavy atom. The zero-order valence-electron chi connectivity index (χ0n) is 5.88. The predicted octanol–water partition coefficient (Wildman–Crippen LogP) is -0.250. The van der Waals surface area contributed by atoms with Gasteiger partial charge in [0.2, 0.25) is 0 Å². The summed E-state index contributed by atoms with van der Waals surface area (Å²) in [7, 11) is 1.00. The smallest absolute Gasteiger partial charge is 0.0431 e. The number of hydrogen-bond donors (Lipinski definition) is 3. The minimum atomic E-state index is 0.250. The van der Waals surface area contributed by atoms with Crippen LogP contribution in [0.3, 0.4) is 0 Å². The van der Waals surface area contributed by atoms with Crippen molar-refractivity contribution in [3.63, 3.8) is 0 Å². The predicted molar refractivity (Wildman–Crippen MR) is 36.2 cm³/mol. The molecule has 58 valence electrons. The quantitative estimate of drug-likeness (QED) is 0.467. The van der Waals surface area contributed by atoms with E-state index in [1.165, 1.54) is 0 Å². The summed E-state index contributed by atoms with van der Waals surface area (Å²) in [5.74, 6) is 0. The third kappa shape index (κ3) is 18.1. The average Bonchev–Trinajstić information content (AvgIpc) is 1.94. The highest BCUT2D eigenvalue weighted by atomic mass is 16.3. The minimum absolute atomic E-state index is 0.250. The minimum Gasteiger partial charge on any atom is -0.400 e. The molecule has 0 rings (SSSR count). The van der Waals surface area contributed by atoms with E-state index in [-0.39, 0.29) is 13.2 Å². The number of rotatable bonds is 4. The molecule has 0 aliphatic rings. The molecule has 0 heterocycles. The molecule has 9 heavy (non-hydrogen) atoms. The second kappa shape index (κ2) is 15.7. The molecule has 3 heteroatoms. The van der Waals surface area contributed by atoms with Crippen molar-refractivity contribution in [1.29, 1.82) is 0 Å². The van der Waals surface area contributed by atoms with E-state index in [0.29, 0.717) is 0 Å². The Balaban J connectivity index is 0. The van der Waals surface area contributed by atoms with Crippen LogP contribution in [-0.4, -0.2) is 35.6 Å². The van der Waals surface area contributed by atoms with E-state index in [1.54, 1.807) is 0 Å². The van der Waals surface area contributed by atoms with Crippen molar-refractivity contribution in [2.45, 2.75) is 19.3 Å². The van der Waals surface area contributed by atoms with Crippen LogP contribution in [0.2, 0.25) is 0 Å². The Morgan fingerprint density at radius 3 is 1.33 bits per heavy atom. The summed E-state index contributed by atoms with van der Waals surface area (Å²) in [6.07, 6.45) is 2.58. The highest BCUT2D eigenvalue weighted by molar-refractivity contribution is 4.35. The van der Waals surface area contributed by atoms with Gasteiger partial charge >= 0.3 is 0 Å². The van der Waals surface area contributed by atoms with Gasteiger partial charge in [-0.25, -0.2) is 0 Å². The first-order valence-corrected chi connectivity index (χ1v) is 3.08. The van der Waals surface area contributed by atoms with Crippen molar-refractivity contribution < 1.29 is 15.3 Å². The molecule has 0 saturated carbocycles. The van der Waals surface area contributed by atoms with Crippen LogP contribution in [0.25, 0.3) is 0 Å². The standard InChI is InChI=1S/C5H12O2.CH4O/c6-4-2-1-3-5-7;1-2/h6-7H,1-5H2;2H,1H3. The van der Waals surface area contributed by atoms with Crippen molar-refractivity contribution in [2.75, 3.05) is 20.3 Å². The summed E-state index contributed by atoms with van der Waals surface area (Å²) >= 11 is 0. The van der Waals surface area contributed by atoms with Gasteiger partial charge in [0.25, 0.3) is 0 Å². The Kier molecular flexibility index (Phi) is 20.3. The van der Waals surface area contributed by atoms with Gasteiger partial charge in [-0.1, -0.05) is 0 Å². The SMILES string of the molecule is CO.OCCCCCO. The molecule has 0 aromatic heterocycles. The van der Waals surface area contributed by atoms with Crippen LogP contribution in [0, 0.1) is 0 Å². The van der Waals surface area contributed by atoms with Gasteiger partial charge in [-0.15, -0.1) is 0 Å². The fourth-order valence-corrected chi connectivity index (χ4v) is 0.400. The molecule has 0 radical (unpaired) electrons. The van der Waals surface area contributed by atoms with Crippen molar-refractivity contribution in [2.24, 2.45) is 0 Å². The summed E-state index contributed by atoms with van der Waals surface area (Å²) in [6, 6.07) is 0. The molecular formula is C6H16O3. The lowest BCUT2D eigenvalue weighted by atomic mass is 10.2. The molecule has 0 aromatic carbocycles. The molecular weight excluding hydrogens is 120 g/mol.